The van der Waals surface area contributed by atoms with Gasteiger partial charge >= 0.3 is 0 Å². The van der Waals surface area contributed by atoms with Crippen LogP contribution in [0, 0.1) is 30.1 Å². The Hall–Kier alpha value is -7.26. The number of piperidine rings is 2. The molecule has 336 valence electrons. The van der Waals surface area contributed by atoms with Crippen molar-refractivity contribution in [2.24, 2.45) is 11.8 Å². The van der Waals surface area contributed by atoms with E-state index in [1.807, 2.05) is 55.5 Å². The first kappa shape index (κ1) is 44.0. The highest BCUT2D eigenvalue weighted by molar-refractivity contribution is 5.99. The van der Waals surface area contributed by atoms with Gasteiger partial charge in [0.15, 0.2) is 5.82 Å². The molecule has 3 aromatic carbocycles. The van der Waals surface area contributed by atoms with Crippen molar-refractivity contribution in [1.29, 1.82) is 5.26 Å². The van der Waals surface area contributed by atoms with Crippen molar-refractivity contribution in [3.8, 4) is 34.6 Å². The Labute approximate surface area is 379 Å². The first-order valence-electron chi connectivity index (χ1n) is 22.3. The summed E-state index contributed by atoms with van der Waals surface area (Å²) >= 11 is 0. The van der Waals surface area contributed by atoms with Gasteiger partial charge in [-0.15, -0.1) is 0 Å². The highest BCUT2D eigenvalue weighted by Crippen LogP contribution is 2.27. The molecule has 17 nitrogen and oxygen atoms in total. The van der Waals surface area contributed by atoms with Crippen LogP contribution in [0.15, 0.2) is 94.6 Å². The number of ketones is 1. The zero-order valence-electron chi connectivity index (χ0n) is 36.5. The number of H-pyrrole nitrogens is 1. The fourth-order valence-electron chi connectivity index (χ4n) is 9.18. The number of benzene rings is 3. The summed E-state index contributed by atoms with van der Waals surface area (Å²) in [6.45, 7) is 6.28. The number of piperazine rings is 1. The Morgan fingerprint density at radius 1 is 0.955 bits per heavy atom. The Morgan fingerprint density at radius 2 is 1.82 bits per heavy atom. The van der Waals surface area contributed by atoms with Gasteiger partial charge in [-0.25, -0.2) is 14.8 Å². The quantitative estimate of drug-likeness (QED) is 0.122. The molecule has 4 unspecified atom stereocenters. The molecule has 0 saturated carbocycles. The topological polar surface area (TPSA) is 230 Å². The van der Waals surface area contributed by atoms with Gasteiger partial charge < -0.3 is 15.4 Å². The number of Topliss-reactive ketones (excluding diaryl/α,β-unsaturated/α-hetero) is 1. The lowest BCUT2D eigenvalue weighted by atomic mass is 9.83. The van der Waals surface area contributed by atoms with Crippen LogP contribution in [-0.4, -0.2) is 98.3 Å². The third-order valence-electron chi connectivity index (χ3n) is 12.9. The lowest BCUT2D eigenvalue weighted by Gasteiger charge is -2.35. The van der Waals surface area contributed by atoms with Crippen LogP contribution in [0.4, 0.5) is 0 Å². The van der Waals surface area contributed by atoms with Crippen molar-refractivity contribution in [2.75, 3.05) is 45.9 Å². The lowest BCUT2D eigenvalue weighted by molar-refractivity contribution is -0.136. The fourth-order valence-corrected chi connectivity index (χ4v) is 9.18. The van der Waals surface area contributed by atoms with Gasteiger partial charge in [0.25, 0.3) is 17.0 Å². The van der Waals surface area contributed by atoms with E-state index in [0.29, 0.717) is 90.6 Å². The van der Waals surface area contributed by atoms with E-state index in [1.165, 1.54) is 4.68 Å². The van der Waals surface area contributed by atoms with Crippen molar-refractivity contribution < 1.29 is 19.1 Å². The van der Waals surface area contributed by atoms with E-state index in [9.17, 15) is 29.2 Å². The number of hydrogen-bond donors (Lipinski definition) is 4. The number of fused-ring (bicyclic) bond motifs is 1. The summed E-state index contributed by atoms with van der Waals surface area (Å²) in [5, 5.41) is 31.0. The average molecular weight is 888 g/mol. The third kappa shape index (κ3) is 9.71. The molecule has 0 bridgehead atoms. The summed E-state index contributed by atoms with van der Waals surface area (Å²) in [7, 11) is 0. The van der Waals surface area contributed by atoms with Gasteiger partial charge in [0.1, 0.15) is 11.8 Å². The zero-order chi connectivity index (χ0) is 45.7. The minimum absolute atomic E-state index is 0.0131. The molecule has 4 atom stereocenters. The van der Waals surface area contributed by atoms with E-state index in [2.05, 4.69) is 52.2 Å². The molecule has 17 heteroatoms. The number of imide groups is 1. The third-order valence-corrected chi connectivity index (χ3v) is 12.9. The number of aromatic nitrogens is 6. The molecule has 66 heavy (non-hydrogen) atoms. The van der Waals surface area contributed by atoms with Crippen LogP contribution in [0.1, 0.15) is 65.7 Å². The number of nitriles is 1. The Bertz CT molecular complexity index is 2980. The SMILES string of the molecule is Cc1nn(C2CCC(=O)NC2=O)c(=O)c2cc(C3CN(CCC(=O)C4CNCCC4COc4ccnc(-c5ccc(Cc6cc(-c7cccc(C#N)c7)n[nH]c6=O)cc5)n4)CCN3)ccc12. The summed E-state index contributed by atoms with van der Waals surface area (Å²) in [6, 6.07) is 25.2. The largest absolute Gasteiger partial charge is 0.477 e. The molecule has 0 spiro atoms. The Kier molecular flexibility index (Phi) is 13.0. The van der Waals surface area contributed by atoms with Gasteiger partial charge in [-0.05, 0) is 61.7 Å². The first-order chi connectivity index (χ1) is 32.1. The molecule has 3 aliphatic rings. The second-order valence-electron chi connectivity index (χ2n) is 17.2. The predicted octanol–water partition coefficient (Wildman–Crippen LogP) is 3.56. The van der Waals surface area contributed by atoms with Gasteiger partial charge in [-0.2, -0.15) is 20.4 Å². The Morgan fingerprint density at radius 3 is 2.65 bits per heavy atom. The number of rotatable bonds is 13. The van der Waals surface area contributed by atoms with Crippen LogP contribution in [0.2, 0.25) is 0 Å². The van der Waals surface area contributed by atoms with Gasteiger partial charge in [0.05, 0.1) is 35.0 Å². The van der Waals surface area contributed by atoms with E-state index in [-0.39, 0.29) is 53.5 Å². The molecule has 9 rings (SSSR count). The standard InChI is InChI=1S/C49H49N11O6/c1-29-37-10-9-34(23-38(37)49(65)60(58-29)42-11-12-44(62)54-48(42)64)41-27-59(20-18-52-41)19-15-43(61)39-26-51-16-13-35(39)28-66-45-14-17-53-46(55-45)32-7-5-30(6-8-32)21-36-24-40(56-57-47(36)63)33-4-2-3-31(22-33)25-50/h2-10,14,17,22-24,35,39,41-42,51-52H,11-13,15-16,18-21,26-28H2,1H3,(H,57,63)(H,54,62,64). The van der Waals surface area contributed by atoms with Crippen molar-refractivity contribution in [3.05, 3.63) is 134 Å². The molecule has 3 aromatic heterocycles. The number of nitrogens with zero attached hydrogens (tertiary/aromatic N) is 7. The van der Waals surface area contributed by atoms with Crippen molar-refractivity contribution in [3.63, 3.8) is 0 Å². The first-order valence-corrected chi connectivity index (χ1v) is 22.3. The lowest BCUT2D eigenvalue weighted by Crippen LogP contribution is -2.47. The fraction of sp³-hybridized carbons (Fsp3) is 0.347. The number of aromatic amines is 1. The minimum atomic E-state index is -0.844. The number of carbonyl (C=O) groups excluding carboxylic acids is 3. The molecule has 3 aliphatic heterocycles. The van der Waals surface area contributed by atoms with E-state index in [1.54, 1.807) is 36.5 Å². The van der Waals surface area contributed by atoms with E-state index >= 15 is 0 Å². The van der Waals surface area contributed by atoms with Crippen LogP contribution in [-0.2, 0) is 20.8 Å². The number of nitrogens with one attached hydrogen (secondary N) is 4. The molecule has 3 saturated heterocycles. The van der Waals surface area contributed by atoms with Crippen LogP contribution >= 0.6 is 0 Å². The van der Waals surface area contributed by atoms with E-state index in [0.717, 1.165) is 41.8 Å². The Balaban J connectivity index is 0.797. The maximum atomic E-state index is 13.9. The van der Waals surface area contributed by atoms with E-state index in [4.69, 9.17) is 4.74 Å². The van der Waals surface area contributed by atoms with Crippen LogP contribution < -0.4 is 31.8 Å². The van der Waals surface area contributed by atoms with Gasteiger partial charge in [0.2, 0.25) is 11.8 Å². The summed E-state index contributed by atoms with van der Waals surface area (Å²) in [5.41, 5.74) is 4.98. The van der Waals surface area contributed by atoms with Gasteiger partial charge in [-0.3, -0.25) is 34.2 Å². The molecular weight excluding hydrogens is 839 g/mol. The molecule has 0 aliphatic carbocycles. The van der Waals surface area contributed by atoms with Crippen molar-refractivity contribution in [1.82, 2.24) is 50.8 Å². The van der Waals surface area contributed by atoms with Crippen LogP contribution in [0.5, 0.6) is 5.88 Å². The van der Waals surface area contributed by atoms with Gasteiger partial charge in [0, 0.05) is 104 Å². The highest BCUT2D eigenvalue weighted by Gasteiger charge is 2.33. The molecular formula is C49H49N11O6. The second-order valence-corrected chi connectivity index (χ2v) is 17.2. The maximum absolute atomic E-state index is 13.9. The van der Waals surface area contributed by atoms with Crippen LogP contribution in [0.25, 0.3) is 33.4 Å². The molecule has 2 amide bonds. The number of ether oxygens (including phenoxy) is 1. The summed E-state index contributed by atoms with van der Waals surface area (Å²) in [6.07, 6.45) is 3.59. The number of aryl methyl sites for hydroxylation is 1. The van der Waals surface area contributed by atoms with Crippen molar-refractivity contribution >= 4 is 28.4 Å². The number of hydrogen-bond acceptors (Lipinski definition) is 14. The summed E-state index contributed by atoms with van der Waals surface area (Å²) in [5.74, 6) is 0.0418. The predicted molar refractivity (Wildman–Crippen MR) is 244 cm³/mol. The molecule has 6 heterocycles. The summed E-state index contributed by atoms with van der Waals surface area (Å²) in [4.78, 5) is 76.1. The van der Waals surface area contributed by atoms with Crippen molar-refractivity contribution in [2.45, 2.75) is 51.1 Å². The van der Waals surface area contributed by atoms with Gasteiger partial charge in [-0.1, -0.05) is 48.5 Å². The molecule has 4 N–H and O–H groups in total. The number of carbonyl (C=O) groups is 3. The van der Waals surface area contributed by atoms with E-state index < -0.39 is 11.9 Å². The monoisotopic (exact) mass is 887 g/mol. The average Bonchev–Trinajstić information content (AvgIpc) is 3.35. The molecule has 6 aromatic rings. The van der Waals surface area contributed by atoms with Crippen LogP contribution in [0.3, 0.4) is 0 Å². The zero-order valence-corrected chi connectivity index (χ0v) is 36.5. The molecule has 3 fully saturated rings. The highest BCUT2D eigenvalue weighted by atomic mass is 16.5. The second kappa shape index (κ2) is 19.5. The number of amides is 2. The normalized spacial score (nSPS) is 20.1. The smallest absolute Gasteiger partial charge is 0.275 e. The maximum Gasteiger partial charge on any atom is 0.275 e. The molecule has 0 radical (unpaired) electrons. The summed E-state index contributed by atoms with van der Waals surface area (Å²) < 4.78 is 7.46. The minimum Gasteiger partial charge on any atom is -0.477 e.